The first-order chi connectivity index (χ1) is 9.96. The molecule has 0 spiro atoms. The second-order valence-corrected chi connectivity index (χ2v) is 6.26. The van der Waals surface area contributed by atoms with Crippen molar-refractivity contribution < 1.29 is 9.59 Å². The van der Waals surface area contributed by atoms with E-state index in [0.717, 1.165) is 18.5 Å². The number of aromatic nitrogens is 2. The van der Waals surface area contributed by atoms with E-state index in [1.165, 1.54) is 0 Å². The molecule has 6 heteroatoms. The zero-order valence-corrected chi connectivity index (χ0v) is 12.8. The Balaban J connectivity index is 1.93. The normalized spacial score (nSPS) is 29.7. The van der Waals surface area contributed by atoms with Crippen LogP contribution in [0.4, 0.5) is 0 Å². The average Bonchev–Trinajstić information content (AvgIpc) is 3.23. The zero-order chi connectivity index (χ0) is 15.2. The van der Waals surface area contributed by atoms with E-state index in [1.54, 1.807) is 9.58 Å². The van der Waals surface area contributed by atoms with E-state index in [1.807, 2.05) is 33.2 Å². The van der Waals surface area contributed by atoms with Crippen molar-refractivity contribution in [1.82, 2.24) is 20.0 Å². The minimum Gasteiger partial charge on any atom is -0.342 e. The Morgan fingerprint density at radius 1 is 1.43 bits per heavy atom. The van der Waals surface area contributed by atoms with Crippen molar-refractivity contribution in [3.05, 3.63) is 18.0 Å². The fraction of sp³-hybridized carbons (Fsp3) is 0.667. The van der Waals surface area contributed by atoms with Gasteiger partial charge in [-0.15, -0.1) is 0 Å². The van der Waals surface area contributed by atoms with Crippen molar-refractivity contribution >= 4 is 11.8 Å². The highest BCUT2D eigenvalue weighted by molar-refractivity contribution is 6.00. The number of carbonyl (C=O) groups is 2. The molecule has 1 N–H and O–H groups in total. The number of hydrogen-bond acceptors (Lipinski definition) is 3. The first kappa shape index (κ1) is 14.1. The molecule has 21 heavy (non-hydrogen) atoms. The highest BCUT2D eigenvalue weighted by Crippen LogP contribution is 2.45. The molecule has 3 rings (SSSR count). The third-order valence-electron chi connectivity index (χ3n) is 4.76. The Labute approximate surface area is 124 Å². The standard InChI is InChI=1S/C15H22N4O2/c1-4-12-13(20)19(9-11-7-8-18(3)17-11)15(2,10-5-6-10)14(21)16-12/h7-8,10,12H,4-6,9H2,1-3H3,(H,16,21). The third-order valence-corrected chi connectivity index (χ3v) is 4.76. The molecular weight excluding hydrogens is 268 g/mol. The van der Waals surface area contributed by atoms with E-state index in [2.05, 4.69) is 10.4 Å². The van der Waals surface area contributed by atoms with Crippen molar-refractivity contribution in [1.29, 1.82) is 0 Å². The second-order valence-electron chi connectivity index (χ2n) is 6.26. The number of aryl methyl sites for hydroxylation is 1. The maximum Gasteiger partial charge on any atom is 0.246 e. The first-order valence-corrected chi connectivity index (χ1v) is 7.57. The van der Waals surface area contributed by atoms with Crippen molar-refractivity contribution in [3.63, 3.8) is 0 Å². The summed E-state index contributed by atoms with van der Waals surface area (Å²) in [5.74, 6) is 0.257. The predicted molar refractivity (Wildman–Crippen MR) is 77.1 cm³/mol. The molecule has 2 atom stereocenters. The number of carbonyl (C=O) groups excluding carboxylic acids is 2. The molecule has 2 amide bonds. The Bertz CT molecular complexity index is 578. The SMILES string of the molecule is CCC1NC(=O)C(C)(C2CC2)N(Cc2ccn(C)n2)C1=O. The van der Waals surface area contributed by atoms with Crippen molar-refractivity contribution in [2.75, 3.05) is 0 Å². The number of amides is 2. The highest BCUT2D eigenvalue weighted by atomic mass is 16.2. The summed E-state index contributed by atoms with van der Waals surface area (Å²) in [5.41, 5.74) is 0.0857. The predicted octanol–water partition coefficient (Wildman–Crippen LogP) is 0.826. The van der Waals surface area contributed by atoms with E-state index in [4.69, 9.17) is 0 Å². The fourth-order valence-electron chi connectivity index (χ4n) is 3.19. The summed E-state index contributed by atoms with van der Waals surface area (Å²) in [6.45, 7) is 4.21. The third kappa shape index (κ3) is 2.22. The van der Waals surface area contributed by atoms with Crippen LogP contribution < -0.4 is 5.32 Å². The van der Waals surface area contributed by atoms with E-state index < -0.39 is 11.6 Å². The van der Waals surface area contributed by atoms with Gasteiger partial charge >= 0.3 is 0 Å². The Morgan fingerprint density at radius 3 is 2.67 bits per heavy atom. The summed E-state index contributed by atoms with van der Waals surface area (Å²) in [5, 5.41) is 7.24. The molecule has 2 heterocycles. The molecule has 1 aliphatic heterocycles. The first-order valence-electron chi connectivity index (χ1n) is 7.57. The summed E-state index contributed by atoms with van der Waals surface area (Å²) < 4.78 is 1.72. The van der Waals surface area contributed by atoms with Gasteiger partial charge in [-0.05, 0) is 38.2 Å². The van der Waals surface area contributed by atoms with Crippen LogP contribution in [0.2, 0.25) is 0 Å². The Kier molecular flexibility index (Phi) is 3.26. The average molecular weight is 290 g/mol. The summed E-state index contributed by atoms with van der Waals surface area (Å²) >= 11 is 0. The van der Waals surface area contributed by atoms with Gasteiger partial charge in [0.25, 0.3) is 0 Å². The molecule has 1 saturated carbocycles. The molecule has 0 aromatic carbocycles. The molecule has 1 saturated heterocycles. The van der Waals surface area contributed by atoms with Gasteiger partial charge in [-0.25, -0.2) is 0 Å². The van der Waals surface area contributed by atoms with Crippen LogP contribution >= 0.6 is 0 Å². The monoisotopic (exact) mass is 290 g/mol. The van der Waals surface area contributed by atoms with Crippen molar-refractivity contribution in [2.45, 2.75) is 51.2 Å². The van der Waals surface area contributed by atoms with Crippen LogP contribution in [-0.2, 0) is 23.2 Å². The van der Waals surface area contributed by atoms with Crippen molar-refractivity contribution in [3.8, 4) is 0 Å². The van der Waals surface area contributed by atoms with Gasteiger partial charge in [0.15, 0.2) is 0 Å². The smallest absolute Gasteiger partial charge is 0.246 e. The molecule has 2 unspecified atom stereocenters. The van der Waals surface area contributed by atoms with E-state index in [9.17, 15) is 9.59 Å². The molecule has 114 valence electrons. The lowest BCUT2D eigenvalue weighted by molar-refractivity contribution is -0.159. The highest BCUT2D eigenvalue weighted by Gasteiger charge is 2.56. The molecular formula is C15H22N4O2. The van der Waals surface area contributed by atoms with Crippen molar-refractivity contribution in [2.24, 2.45) is 13.0 Å². The lowest BCUT2D eigenvalue weighted by Crippen LogP contribution is -2.70. The Morgan fingerprint density at radius 2 is 2.14 bits per heavy atom. The van der Waals surface area contributed by atoms with Crippen LogP contribution in [0, 0.1) is 5.92 Å². The van der Waals surface area contributed by atoms with Crippen LogP contribution in [0.1, 0.15) is 38.8 Å². The van der Waals surface area contributed by atoms with E-state index in [0.29, 0.717) is 13.0 Å². The maximum atomic E-state index is 12.7. The summed E-state index contributed by atoms with van der Waals surface area (Å²) in [6, 6.07) is 1.49. The molecule has 1 aromatic rings. The summed E-state index contributed by atoms with van der Waals surface area (Å²) in [7, 11) is 1.85. The number of rotatable bonds is 4. The van der Waals surface area contributed by atoms with E-state index in [-0.39, 0.29) is 17.7 Å². The van der Waals surface area contributed by atoms with Crippen LogP contribution in [0.15, 0.2) is 12.3 Å². The lowest BCUT2D eigenvalue weighted by atomic mass is 9.87. The van der Waals surface area contributed by atoms with Crippen LogP contribution in [0.5, 0.6) is 0 Å². The van der Waals surface area contributed by atoms with Gasteiger partial charge in [-0.3, -0.25) is 14.3 Å². The molecule has 1 aromatic heterocycles. The number of piperazine rings is 1. The van der Waals surface area contributed by atoms with Gasteiger partial charge in [0.2, 0.25) is 11.8 Å². The van der Waals surface area contributed by atoms with Gasteiger partial charge in [-0.1, -0.05) is 6.92 Å². The molecule has 2 fully saturated rings. The largest absolute Gasteiger partial charge is 0.342 e. The quantitative estimate of drug-likeness (QED) is 0.893. The molecule has 2 aliphatic rings. The fourth-order valence-corrected chi connectivity index (χ4v) is 3.19. The summed E-state index contributed by atoms with van der Waals surface area (Å²) in [6.07, 6.45) is 4.49. The Hall–Kier alpha value is -1.85. The van der Waals surface area contributed by atoms with Gasteiger partial charge in [0.1, 0.15) is 11.6 Å². The number of nitrogens with zero attached hydrogens (tertiary/aromatic N) is 3. The minimum atomic E-state index is -0.736. The zero-order valence-electron chi connectivity index (χ0n) is 12.8. The topological polar surface area (TPSA) is 67.2 Å². The number of nitrogens with one attached hydrogen (secondary N) is 1. The maximum absolute atomic E-state index is 12.7. The molecule has 1 aliphatic carbocycles. The minimum absolute atomic E-state index is 0.0113. The van der Waals surface area contributed by atoms with Crippen LogP contribution in [-0.4, -0.2) is 38.1 Å². The van der Waals surface area contributed by atoms with Gasteiger partial charge in [0.05, 0.1) is 12.2 Å². The van der Waals surface area contributed by atoms with Gasteiger partial charge in [0, 0.05) is 13.2 Å². The van der Waals surface area contributed by atoms with Gasteiger partial charge < -0.3 is 10.2 Å². The summed E-state index contributed by atoms with van der Waals surface area (Å²) in [4.78, 5) is 27.1. The second kappa shape index (κ2) is 4.86. The lowest BCUT2D eigenvalue weighted by Gasteiger charge is -2.46. The molecule has 0 bridgehead atoms. The van der Waals surface area contributed by atoms with E-state index >= 15 is 0 Å². The van der Waals surface area contributed by atoms with Crippen LogP contribution in [0.3, 0.4) is 0 Å². The molecule has 6 nitrogen and oxygen atoms in total. The molecule has 0 radical (unpaired) electrons. The number of hydrogen-bond donors (Lipinski definition) is 1. The van der Waals surface area contributed by atoms with Crippen LogP contribution in [0.25, 0.3) is 0 Å². The van der Waals surface area contributed by atoms with Gasteiger partial charge in [-0.2, -0.15) is 5.10 Å².